The van der Waals surface area contributed by atoms with Gasteiger partial charge in [-0.05, 0) is 31.9 Å². The number of phenolic OH excluding ortho intramolecular Hbond substituents is 1. The van der Waals surface area contributed by atoms with Gasteiger partial charge in [-0.25, -0.2) is 0 Å². The quantitative estimate of drug-likeness (QED) is 0.834. The van der Waals surface area contributed by atoms with Gasteiger partial charge in [0.25, 0.3) is 5.91 Å². The lowest BCUT2D eigenvalue weighted by molar-refractivity contribution is 0.0707. The molecule has 7 nitrogen and oxygen atoms in total. The van der Waals surface area contributed by atoms with E-state index in [0.717, 1.165) is 49.7 Å². The molecule has 1 fully saturated rings. The van der Waals surface area contributed by atoms with Gasteiger partial charge in [0.1, 0.15) is 17.4 Å². The van der Waals surface area contributed by atoms with E-state index in [0.29, 0.717) is 24.6 Å². The van der Waals surface area contributed by atoms with Crippen LogP contribution in [-0.4, -0.2) is 50.3 Å². The fourth-order valence-corrected chi connectivity index (χ4v) is 3.75. The van der Waals surface area contributed by atoms with Gasteiger partial charge in [0, 0.05) is 32.1 Å². The number of aromatic hydroxyl groups is 1. The molecule has 140 valence electrons. The molecule has 0 unspecified atom stereocenters. The van der Waals surface area contributed by atoms with Gasteiger partial charge in [-0.1, -0.05) is 11.6 Å². The molecule has 0 atom stereocenters. The number of aryl methyl sites for hydroxylation is 1. The monoisotopic (exact) mass is 377 g/mol. The summed E-state index contributed by atoms with van der Waals surface area (Å²) in [7, 11) is 0. The largest absolute Gasteiger partial charge is 0.507 e. The molecule has 2 aliphatic heterocycles. The molecule has 0 saturated carbocycles. The van der Waals surface area contributed by atoms with Crippen LogP contribution in [0, 0.1) is 6.92 Å². The second-order valence-corrected chi connectivity index (χ2v) is 6.89. The highest BCUT2D eigenvalue weighted by Crippen LogP contribution is 2.29. The van der Waals surface area contributed by atoms with Crippen LogP contribution >= 0.6 is 12.4 Å². The number of nitrogens with one attached hydrogen (secondary N) is 1. The lowest BCUT2D eigenvalue weighted by Crippen LogP contribution is -2.39. The number of piperidine rings is 1. The lowest BCUT2D eigenvalue weighted by Gasteiger charge is -2.32. The van der Waals surface area contributed by atoms with Crippen LogP contribution in [-0.2, 0) is 13.1 Å². The molecule has 1 saturated heterocycles. The van der Waals surface area contributed by atoms with E-state index in [2.05, 4.69) is 20.1 Å². The summed E-state index contributed by atoms with van der Waals surface area (Å²) >= 11 is 0. The van der Waals surface area contributed by atoms with Crippen molar-refractivity contribution in [3.05, 3.63) is 41.0 Å². The van der Waals surface area contributed by atoms with Gasteiger partial charge in [-0.3, -0.25) is 4.79 Å². The molecule has 0 spiro atoms. The van der Waals surface area contributed by atoms with Crippen molar-refractivity contribution < 1.29 is 9.90 Å². The van der Waals surface area contributed by atoms with Gasteiger partial charge in [-0.2, -0.15) is 0 Å². The van der Waals surface area contributed by atoms with Crippen molar-refractivity contribution in [3.8, 4) is 5.75 Å². The van der Waals surface area contributed by atoms with Crippen molar-refractivity contribution in [2.24, 2.45) is 0 Å². The third-order valence-electron chi connectivity index (χ3n) is 5.18. The number of carbonyl (C=O) groups excluding carboxylic acids is 1. The number of nitrogens with zero attached hydrogens (tertiary/aromatic N) is 4. The minimum Gasteiger partial charge on any atom is -0.507 e. The first-order valence-corrected chi connectivity index (χ1v) is 8.85. The maximum atomic E-state index is 12.7. The topological polar surface area (TPSA) is 83.3 Å². The summed E-state index contributed by atoms with van der Waals surface area (Å²) in [5.41, 5.74) is 1.36. The Morgan fingerprint density at radius 2 is 2.00 bits per heavy atom. The normalized spacial score (nSPS) is 17.5. The molecule has 2 N–H and O–H groups in total. The number of rotatable bonds is 2. The fourth-order valence-electron chi connectivity index (χ4n) is 3.75. The van der Waals surface area contributed by atoms with Crippen molar-refractivity contribution in [1.82, 2.24) is 25.0 Å². The average molecular weight is 378 g/mol. The summed E-state index contributed by atoms with van der Waals surface area (Å²) in [5, 5.41) is 22.0. The highest BCUT2D eigenvalue weighted by molar-refractivity contribution is 5.97. The van der Waals surface area contributed by atoms with Crippen molar-refractivity contribution in [2.45, 2.75) is 38.8 Å². The number of likely N-dealkylation sites (tertiary alicyclic amines) is 1. The van der Waals surface area contributed by atoms with Gasteiger partial charge in [0.05, 0.1) is 12.1 Å². The molecule has 4 rings (SSSR count). The molecule has 2 aromatic rings. The first-order chi connectivity index (χ1) is 12.1. The number of phenols is 1. The van der Waals surface area contributed by atoms with E-state index in [1.807, 2.05) is 17.9 Å². The predicted octanol–water partition coefficient (Wildman–Crippen LogP) is 1.84. The second kappa shape index (κ2) is 7.63. The number of hydrogen-bond acceptors (Lipinski definition) is 5. The highest BCUT2D eigenvalue weighted by atomic mass is 35.5. The van der Waals surface area contributed by atoms with E-state index in [1.165, 1.54) is 0 Å². The zero-order chi connectivity index (χ0) is 17.4. The van der Waals surface area contributed by atoms with Crippen LogP contribution < -0.4 is 5.32 Å². The molecule has 3 heterocycles. The van der Waals surface area contributed by atoms with Crippen LogP contribution in [0.5, 0.6) is 5.75 Å². The molecule has 1 aromatic carbocycles. The summed E-state index contributed by atoms with van der Waals surface area (Å²) in [6, 6.07) is 5.15. The lowest BCUT2D eigenvalue weighted by atomic mass is 9.95. The van der Waals surface area contributed by atoms with E-state index in [9.17, 15) is 9.90 Å². The van der Waals surface area contributed by atoms with Crippen LogP contribution in [0.4, 0.5) is 0 Å². The molecule has 0 aliphatic carbocycles. The van der Waals surface area contributed by atoms with E-state index in [4.69, 9.17) is 0 Å². The second-order valence-electron chi connectivity index (χ2n) is 6.89. The number of benzene rings is 1. The molecule has 1 aromatic heterocycles. The molecule has 2 aliphatic rings. The Hall–Kier alpha value is -2.12. The number of hydrogen-bond donors (Lipinski definition) is 2. The summed E-state index contributed by atoms with van der Waals surface area (Å²) in [6.45, 7) is 5.91. The van der Waals surface area contributed by atoms with E-state index >= 15 is 0 Å². The Balaban J connectivity index is 0.00000196. The summed E-state index contributed by atoms with van der Waals surface area (Å²) in [6.07, 6.45) is 1.76. The third-order valence-corrected chi connectivity index (χ3v) is 5.18. The molecule has 8 heteroatoms. The third kappa shape index (κ3) is 3.41. The zero-order valence-electron chi connectivity index (χ0n) is 14.8. The standard InChI is InChI=1S/C18H23N5O2.ClH/c1-12-2-3-15(24)14(10-12)18(25)22-7-4-13(5-8-22)17-21-20-16-11-19-6-9-23(16)17;/h2-3,10,13,19,24H,4-9,11H2,1H3;1H. The maximum Gasteiger partial charge on any atom is 0.257 e. The van der Waals surface area contributed by atoms with Crippen LogP contribution in [0.1, 0.15) is 46.3 Å². The number of carbonyl (C=O) groups is 1. The molecule has 0 bridgehead atoms. The van der Waals surface area contributed by atoms with Crippen LogP contribution in [0.25, 0.3) is 0 Å². The molecule has 0 radical (unpaired) electrons. The Morgan fingerprint density at radius 1 is 1.23 bits per heavy atom. The number of fused-ring (bicyclic) bond motifs is 1. The zero-order valence-corrected chi connectivity index (χ0v) is 15.6. The highest BCUT2D eigenvalue weighted by Gasteiger charge is 2.29. The van der Waals surface area contributed by atoms with Crippen LogP contribution in [0.3, 0.4) is 0 Å². The number of amides is 1. The first kappa shape index (κ1) is 18.7. The number of aromatic nitrogens is 3. The van der Waals surface area contributed by atoms with Crippen molar-refractivity contribution in [3.63, 3.8) is 0 Å². The number of halogens is 1. The van der Waals surface area contributed by atoms with Crippen LogP contribution in [0.15, 0.2) is 18.2 Å². The Labute approximate surface area is 158 Å². The van der Waals surface area contributed by atoms with Crippen molar-refractivity contribution in [1.29, 1.82) is 0 Å². The summed E-state index contributed by atoms with van der Waals surface area (Å²) in [4.78, 5) is 14.6. The summed E-state index contributed by atoms with van der Waals surface area (Å²) in [5.74, 6) is 2.37. The maximum absolute atomic E-state index is 12.7. The van der Waals surface area contributed by atoms with E-state index in [1.54, 1.807) is 12.1 Å². The van der Waals surface area contributed by atoms with Crippen LogP contribution in [0.2, 0.25) is 0 Å². The summed E-state index contributed by atoms with van der Waals surface area (Å²) < 4.78 is 2.23. The Kier molecular flexibility index (Phi) is 5.48. The van der Waals surface area contributed by atoms with E-state index < -0.39 is 0 Å². The smallest absolute Gasteiger partial charge is 0.257 e. The Morgan fingerprint density at radius 3 is 2.77 bits per heavy atom. The van der Waals surface area contributed by atoms with Gasteiger partial charge in [-0.15, -0.1) is 22.6 Å². The molecular formula is C18H24ClN5O2. The molecule has 1 amide bonds. The van der Waals surface area contributed by atoms with Crippen molar-refractivity contribution in [2.75, 3.05) is 19.6 Å². The van der Waals surface area contributed by atoms with Gasteiger partial charge in [0.15, 0.2) is 0 Å². The fraction of sp³-hybridized carbons (Fsp3) is 0.500. The minimum atomic E-state index is -0.0906. The van der Waals surface area contributed by atoms with Gasteiger partial charge < -0.3 is 19.9 Å². The SMILES string of the molecule is Cc1ccc(O)c(C(=O)N2CCC(c3nnc4n3CCNC4)CC2)c1.Cl. The van der Waals surface area contributed by atoms with Gasteiger partial charge in [0.2, 0.25) is 0 Å². The van der Waals surface area contributed by atoms with Gasteiger partial charge >= 0.3 is 0 Å². The first-order valence-electron chi connectivity index (χ1n) is 8.85. The minimum absolute atomic E-state index is 0. The Bertz CT molecular complexity index is 799. The molecular weight excluding hydrogens is 354 g/mol. The molecule has 26 heavy (non-hydrogen) atoms. The van der Waals surface area contributed by atoms with Crippen molar-refractivity contribution >= 4 is 18.3 Å². The average Bonchev–Trinajstić information content (AvgIpc) is 3.07. The van der Waals surface area contributed by atoms with E-state index in [-0.39, 0.29) is 24.1 Å². The predicted molar refractivity (Wildman–Crippen MR) is 99.7 cm³/mol.